The molecule has 2 fully saturated rings. The molecule has 0 radical (unpaired) electrons. The molecule has 114 valence electrons. The number of rotatable bonds is 3. The predicted molar refractivity (Wildman–Crippen MR) is 81.6 cm³/mol. The van der Waals surface area contributed by atoms with Crippen LogP contribution in [-0.4, -0.2) is 51.3 Å². The van der Waals surface area contributed by atoms with E-state index in [1.54, 1.807) is 24.8 Å². The highest BCUT2D eigenvalue weighted by Crippen LogP contribution is 2.36. The SMILES string of the molecule is c1cnc(N[C@@H]2CO[C@@]3(CCN(c4ncccn4)C3)C2)nc1. The molecular formula is C15H18N6O. The highest BCUT2D eigenvalue weighted by atomic mass is 16.5. The lowest BCUT2D eigenvalue weighted by Gasteiger charge is -2.23. The third kappa shape index (κ3) is 2.59. The third-order valence-electron chi connectivity index (χ3n) is 4.26. The van der Waals surface area contributed by atoms with Gasteiger partial charge in [0.15, 0.2) is 0 Å². The predicted octanol–water partition coefficient (Wildman–Crippen LogP) is 1.12. The minimum absolute atomic E-state index is 0.106. The van der Waals surface area contributed by atoms with Crippen LogP contribution in [0, 0.1) is 0 Å². The van der Waals surface area contributed by atoms with Gasteiger partial charge in [-0.25, -0.2) is 19.9 Å². The Bertz CT molecular complexity index is 624. The van der Waals surface area contributed by atoms with Crippen LogP contribution in [0.15, 0.2) is 36.9 Å². The lowest BCUT2D eigenvalue weighted by molar-refractivity contribution is 0.0228. The van der Waals surface area contributed by atoms with Crippen molar-refractivity contribution in [1.82, 2.24) is 19.9 Å². The van der Waals surface area contributed by atoms with Crippen LogP contribution in [-0.2, 0) is 4.74 Å². The first kappa shape index (κ1) is 13.4. The average Bonchev–Trinajstić information content (AvgIpc) is 3.17. The van der Waals surface area contributed by atoms with Gasteiger partial charge in [-0.3, -0.25) is 0 Å². The standard InChI is InChI=1S/C15H18N6O/c1-4-16-13(17-5-1)20-12-9-15(22-10-12)3-8-21(11-15)14-18-6-2-7-19-14/h1-2,4-7,12H,3,8-11H2,(H,16,17,20)/t12-,15-/m0/s1. The molecule has 2 saturated heterocycles. The molecule has 4 rings (SSSR count). The Labute approximate surface area is 128 Å². The van der Waals surface area contributed by atoms with Crippen LogP contribution >= 0.6 is 0 Å². The Morgan fingerprint density at radius 1 is 1.09 bits per heavy atom. The van der Waals surface area contributed by atoms with Crippen molar-refractivity contribution in [2.45, 2.75) is 24.5 Å². The fraction of sp³-hybridized carbons (Fsp3) is 0.467. The van der Waals surface area contributed by atoms with Crippen molar-refractivity contribution >= 4 is 11.9 Å². The van der Waals surface area contributed by atoms with Crippen LogP contribution in [0.3, 0.4) is 0 Å². The maximum Gasteiger partial charge on any atom is 0.225 e. The molecule has 1 spiro atoms. The molecular weight excluding hydrogens is 280 g/mol. The molecule has 2 aromatic rings. The summed E-state index contributed by atoms with van der Waals surface area (Å²) < 4.78 is 6.12. The Morgan fingerprint density at radius 3 is 2.59 bits per heavy atom. The number of nitrogens with zero attached hydrogens (tertiary/aromatic N) is 5. The maximum atomic E-state index is 6.12. The second-order valence-corrected chi connectivity index (χ2v) is 5.83. The first-order valence-corrected chi connectivity index (χ1v) is 7.53. The van der Waals surface area contributed by atoms with E-state index in [-0.39, 0.29) is 11.6 Å². The zero-order chi connectivity index (χ0) is 14.8. The van der Waals surface area contributed by atoms with Gasteiger partial charge in [-0.2, -0.15) is 0 Å². The zero-order valence-electron chi connectivity index (χ0n) is 12.2. The van der Waals surface area contributed by atoms with Crippen LogP contribution in [0.1, 0.15) is 12.8 Å². The molecule has 7 nitrogen and oxygen atoms in total. The van der Waals surface area contributed by atoms with E-state index in [1.807, 2.05) is 12.1 Å². The summed E-state index contributed by atoms with van der Waals surface area (Å²) in [5, 5.41) is 3.35. The van der Waals surface area contributed by atoms with Crippen molar-refractivity contribution in [2.24, 2.45) is 0 Å². The van der Waals surface area contributed by atoms with Crippen molar-refractivity contribution < 1.29 is 4.74 Å². The van der Waals surface area contributed by atoms with Gasteiger partial charge in [0.25, 0.3) is 0 Å². The Balaban J connectivity index is 1.40. The molecule has 0 bridgehead atoms. The minimum atomic E-state index is -0.106. The molecule has 0 aromatic carbocycles. The Morgan fingerprint density at radius 2 is 1.82 bits per heavy atom. The van der Waals surface area contributed by atoms with Crippen molar-refractivity contribution in [3.63, 3.8) is 0 Å². The molecule has 2 aliphatic rings. The van der Waals surface area contributed by atoms with Gasteiger partial charge < -0.3 is 15.0 Å². The van der Waals surface area contributed by atoms with E-state index in [4.69, 9.17) is 4.74 Å². The van der Waals surface area contributed by atoms with E-state index < -0.39 is 0 Å². The topological polar surface area (TPSA) is 76.1 Å². The number of nitrogens with one attached hydrogen (secondary N) is 1. The lowest BCUT2D eigenvalue weighted by Crippen LogP contribution is -2.34. The third-order valence-corrected chi connectivity index (χ3v) is 4.26. The number of hydrogen-bond donors (Lipinski definition) is 1. The van der Waals surface area contributed by atoms with E-state index >= 15 is 0 Å². The molecule has 1 N–H and O–H groups in total. The van der Waals surface area contributed by atoms with Crippen LogP contribution in [0.5, 0.6) is 0 Å². The highest BCUT2D eigenvalue weighted by Gasteiger charge is 2.46. The molecule has 7 heteroatoms. The van der Waals surface area contributed by atoms with E-state index in [0.717, 1.165) is 31.9 Å². The number of aromatic nitrogens is 4. The second-order valence-electron chi connectivity index (χ2n) is 5.83. The summed E-state index contributed by atoms with van der Waals surface area (Å²) in [5.74, 6) is 1.44. The Hall–Kier alpha value is -2.28. The average molecular weight is 298 g/mol. The molecule has 0 unspecified atom stereocenters. The Kier molecular flexibility index (Phi) is 3.34. The van der Waals surface area contributed by atoms with Crippen molar-refractivity contribution in [2.75, 3.05) is 29.9 Å². The molecule has 2 aliphatic heterocycles. The van der Waals surface area contributed by atoms with Gasteiger partial charge in [0.2, 0.25) is 11.9 Å². The monoisotopic (exact) mass is 298 g/mol. The molecule has 2 atom stereocenters. The fourth-order valence-electron chi connectivity index (χ4n) is 3.25. The normalized spacial score (nSPS) is 27.5. The van der Waals surface area contributed by atoms with Gasteiger partial charge in [-0.1, -0.05) is 0 Å². The van der Waals surface area contributed by atoms with Crippen LogP contribution in [0.4, 0.5) is 11.9 Å². The second kappa shape index (κ2) is 5.49. The van der Waals surface area contributed by atoms with Gasteiger partial charge in [0, 0.05) is 37.8 Å². The van der Waals surface area contributed by atoms with Gasteiger partial charge in [-0.15, -0.1) is 0 Å². The summed E-state index contributed by atoms with van der Waals surface area (Å²) in [6.07, 6.45) is 8.99. The van der Waals surface area contributed by atoms with Crippen molar-refractivity contribution in [3.8, 4) is 0 Å². The quantitative estimate of drug-likeness (QED) is 0.909. The molecule has 4 heterocycles. The molecule has 0 amide bonds. The minimum Gasteiger partial charge on any atom is -0.371 e. The van der Waals surface area contributed by atoms with E-state index in [9.17, 15) is 0 Å². The van der Waals surface area contributed by atoms with Gasteiger partial charge >= 0.3 is 0 Å². The van der Waals surface area contributed by atoms with Crippen LogP contribution in [0.25, 0.3) is 0 Å². The van der Waals surface area contributed by atoms with Gasteiger partial charge in [0.1, 0.15) is 0 Å². The summed E-state index contributed by atoms with van der Waals surface area (Å²) in [7, 11) is 0. The first-order chi connectivity index (χ1) is 10.8. The highest BCUT2D eigenvalue weighted by molar-refractivity contribution is 5.34. The van der Waals surface area contributed by atoms with Crippen molar-refractivity contribution in [1.29, 1.82) is 0 Å². The summed E-state index contributed by atoms with van der Waals surface area (Å²) in [4.78, 5) is 19.3. The van der Waals surface area contributed by atoms with Crippen LogP contribution < -0.4 is 10.2 Å². The molecule has 0 aliphatic carbocycles. The molecule has 2 aromatic heterocycles. The summed E-state index contributed by atoms with van der Waals surface area (Å²) in [6.45, 7) is 2.45. The lowest BCUT2D eigenvalue weighted by atomic mass is 9.97. The number of ether oxygens (including phenoxy) is 1. The summed E-state index contributed by atoms with van der Waals surface area (Å²) in [6, 6.07) is 3.90. The molecule has 22 heavy (non-hydrogen) atoms. The smallest absolute Gasteiger partial charge is 0.225 e. The maximum absolute atomic E-state index is 6.12. The van der Waals surface area contributed by atoms with Gasteiger partial charge in [-0.05, 0) is 18.6 Å². The largest absolute Gasteiger partial charge is 0.371 e. The van der Waals surface area contributed by atoms with E-state index in [1.165, 1.54) is 0 Å². The summed E-state index contributed by atoms with van der Waals surface area (Å²) in [5.41, 5.74) is -0.106. The van der Waals surface area contributed by atoms with Gasteiger partial charge in [0.05, 0.1) is 24.8 Å². The summed E-state index contributed by atoms with van der Waals surface area (Å²) >= 11 is 0. The zero-order valence-corrected chi connectivity index (χ0v) is 12.2. The number of anilines is 2. The first-order valence-electron chi connectivity index (χ1n) is 7.53. The van der Waals surface area contributed by atoms with E-state index in [0.29, 0.717) is 12.6 Å². The van der Waals surface area contributed by atoms with Crippen molar-refractivity contribution in [3.05, 3.63) is 36.9 Å². The fourth-order valence-corrected chi connectivity index (χ4v) is 3.25. The molecule has 0 saturated carbocycles. The number of hydrogen-bond acceptors (Lipinski definition) is 7. The van der Waals surface area contributed by atoms with E-state index in [2.05, 4.69) is 30.2 Å². The van der Waals surface area contributed by atoms with Crippen LogP contribution in [0.2, 0.25) is 0 Å².